The molecular weight excluding hydrogens is 430 g/mol. The molecule has 2 aromatic heterocycles. The molecule has 2 aromatic carbocycles. The van der Waals surface area contributed by atoms with Gasteiger partial charge in [0.15, 0.2) is 18.1 Å². The quantitative estimate of drug-likeness (QED) is 0.362. The van der Waals surface area contributed by atoms with Crippen LogP contribution in [0.25, 0.3) is 22.7 Å². The highest BCUT2D eigenvalue weighted by Crippen LogP contribution is 2.40. The Bertz CT molecular complexity index is 1260. The average Bonchev–Trinajstić information content (AvgIpc) is 3.47. The summed E-state index contributed by atoms with van der Waals surface area (Å²) in [4.78, 5) is 12.7. The summed E-state index contributed by atoms with van der Waals surface area (Å²) in [6.07, 6.45) is 0. The summed E-state index contributed by atoms with van der Waals surface area (Å²) in [6.45, 7) is 1.51. The molecule has 0 aliphatic carbocycles. The molecule has 0 saturated heterocycles. The highest BCUT2D eigenvalue weighted by molar-refractivity contribution is 5.94. The van der Waals surface area contributed by atoms with Gasteiger partial charge in [0.2, 0.25) is 5.75 Å². The number of hydrogen-bond donors (Lipinski definition) is 0. The largest absolute Gasteiger partial charge is 0.493 e. The van der Waals surface area contributed by atoms with Crippen LogP contribution >= 0.6 is 0 Å². The number of benzene rings is 2. The van der Waals surface area contributed by atoms with Crippen LogP contribution in [-0.4, -0.2) is 42.7 Å². The van der Waals surface area contributed by atoms with E-state index < -0.39 is 5.97 Å². The first-order valence-electron chi connectivity index (χ1n) is 9.87. The molecule has 0 fully saturated rings. The summed E-state index contributed by atoms with van der Waals surface area (Å²) in [5.74, 6) is 1.09. The molecule has 0 unspecified atom stereocenters. The Balaban J connectivity index is 1.54. The van der Waals surface area contributed by atoms with Gasteiger partial charge in [-0.15, -0.1) is 10.2 Å². The Morgan fingerprint density at radius 2 is 1.70 bits per heavy atom. The summed E-state index contributed by atoms with van der Waals surface area (Å²) in [6, 6.07) is 12.6. The minimum atomic E-state index is -0.654. The zero-order valence-corrected chi connectivity index (χ0v) is 18.4. The Morgan fingerprint density at radius 1 is 0.939 bits per heavy atom. The zero-order valence-electron chi connectivity index (χ0n) is 18.4. The topological polar surface area (TPSA) is 119 Å². The van der Waals surface area contributed by atoms with Crippen molar-refractivity contribution in [1.82, 2.24) is 15.4 Å². The van der Waals surface area contributed by atoms with E-state index in [2.05, 4.69) is 15.4 Å². The van der Waals surface area contributed by atoms with Gasteiger partial charge in [-0.2, -0.15) is 0 Å². The van der Waals surface area contributed by atoms with Crippen molar-refractivity contribution in [3.63, 3.8) is 0 Å². The number of carbonyl (C=O) groups excluding carboxylic acids is 1. The van der Waals surface area contributed by atoms with Gasteiger partial charge >= 0.3 is 5.97 Å². The summed E-state index contributed by atoms with van der Waals surface area (Å²) in [5, 5.41) is 12.2. The highest BCUT2D eigenvalue weighted by Gasteiger charge is 2.24. The average molecular weight is 451 g/mol. The molecule has 33 heavy (non-hydrogen) atoms. The Hall–Kier alpha value is -4.34. The maximum atomic E-state index is 12.7. The molecular formula is C23H21N3O7. The van der Waals surface area contributed by atoms with E-state index in [9.17, 15) is 4.79 Å². The van der Waals surface area contributed by atoms with E-state index >= 15 is 0 Å². The molecule has 0 radical (unpaired) electrons. The third-order valence-electron chi connectivity index (χ3n) is 4.84. The molecule has 0 amide bonds. The van der Waals surface area contributed by atoms with Crippen LogP contribution in [-0.2, 0) is 11.3 Å². The van der Waals surface area contributed by atoms with Crippen molar-refractivity contribution in [3.8, 4) is 40.0 Å². The molecule has 4 rings (SSSR count). The van der Waals surface area contributed by atoms with Crippen LogP contribution in [0.4, 0.5) is 0 Å². The fourth-order valence-electron chi connectivity index (χ4n) is 3.30. The number of hydrogen-bond acceptors (Lipinski definition) is 10. The molecule has 0 bridgehead atoms. The Morgan fingerprint density at radius 3 is 2.39 bits per heavy atom. The molecule has 170 valence electrons. The fourth-order valence-corrected chi connectivity index (χ4v) is 3.30. The van der Waals surface area contributed by atoms with Gasteiger partial charge in [-0.25, -0.2) is 4.79 Å². The van der Waals surface area contributed by atoms with E-state index in [0.29, 0.717) is 22.8 Å². The normalized spacial score (nSPS) is 10.7. The molecule has 10 heteroatoms. The monoisotopic (exact) mass is 451 g/mol. The third kappa shape index (κ3) is 4.22. The highest BCUT2D eigenvalue weighted by atomic mass is 16.6. The predicted molar refractivity (Wildman–Crippen MR) is 115 cm³/mol. The summed E-state index contributed by atoms with van der Waals surface area (Å²) in [5.41, 5.74) is 2.16. The number of aryl methyl sites for hydroxylation is 1. The van der Waals surface area contributed by atoms with Crippen LogP contribution in [0.3, 0.4) is 0 Å². The van der Waals surface area contributed by atoms with Crippen LogP contribution < -0.4 is 14.2 Å². The molecule has 0 aliphatic heterocycles. The van der Waals surface area contributed by atoms with Crippen LogP contribution in [0.15, 0.2) is 51.4 Å². The van der Waals surface area contributed by atoms with Crippen molar-refractivity contribution in [2.45, 2.75) is 13.5 Å². The predicted octanol–water partition coefficient (Wildman–Crippen LogP) is 4.08. The Kier molecular flexibility index (Phi) is 6.25. The molecule has 0 atom stereocenters. The molecule has 0 N–H and O–H groups in total. The van der Waals surface area contributed by atoms with Gasteiger partial charge in [0.25, 0.3) is 11.8 Å². The smallest absolute Gasteiger partial charge is 0.342 e. The van der Waals surface area contributed by atoms with Gasteiger partial charge in [-0.1, -0.05) is 35.5 Å². The van der Waals surface area contributed by atoms with Gasteiger partial charge in [0, 0.05) is 5.56 Å². The van der Waals surface area contributed by atoms with E-state index in [1.807, 2.05) is 30.3 Å². The van der Waals surface area contributed by atoms with Crippen molar-refractivity contribution in [2.75, 3.05) is 21.3 Å². The number of nitrogens with zero attached hydrogens (tertiary/aromatic N) is 3. The Labute approximate surface area is 189 Å². The SMILES string of the molecule is COc1ccc(C(=O)OCc2nnc(-c3c(-c4ccccc4)noc3C)o2)c(OC)c1OC. The minimum Gasteiger partial charge on any atom is -0.493 e. The molecule has 2 heterocycles. The second-order valence-corrected chi connectivity index (χ2v) is 6.79. The standard InChI is InChI=1S/C23H21N3O7/c1-13-18(19(26-33-13)14-8-6-5-7-9-14)22-25-24-17(32-22)12-31-23(27)15-10-11-16(28-2)21(30-4)20(15)29-3/h5-11H,12H2,1-4H3. The number of methoxy groups -OCH3 is 3. The van der Waals surface area contributed by atoms with Crippen LogP contribution in [0.2, 0.25) is 0 Å². The molecule has 4 aromatic rings. The number of esters is 1. The number of carbonyl (C=O) groups is 1. The number of aromatic nitrogens is 3. The first-order valence-corrected chi connectivity index (χ1v) is 9.87. The van der Waals surface area contributed by atoms with Crippen LogP contribution in [0.5, 0.6) is 17.2 Å². The lowest BCUT2D eigenvalue weighted by molar-refractivity contribution is 0.0434. The molecule has 10 nitrogen and oxygen atoms in total. The summed E-state index contributed by atoms with van der Waals surface area (Å²) in [7, 11) is 4.36. The summed E-state index contributed by atoms with van der Waals surface area (Å²) >= 11 is 0. The second-order valence-electron chi connectivity index (χ2n) is 6.79. The fraction of sp³-hybridized carbons (Fsp3) is 0.217. The third-order valence-corrected chi connectivity index (χ3v) is 4.84. The van der Waals surface area contributed by atoms with Gasteiger partial charge in [0.1, 0.15) is 22.6 Å². The lowest BCUT2D eigenvalue weighted by Crippen LogP contribution is -2.09. The van der Waals surface area contributed by atoms with Crippen molar-refractivity contribution >= 4 is 5.97 Å². The first kappa shape index (κ1) is 21.9. The van der Waals surface area contributed by atoms with Crippen LogP contribution in [0, 0.1) is 6.92 Å². The van der Waals surface area contributed by atoms with Gasteiger partial charge in [0.05, 0.1) is 21.3 Å². The van der Waals surface area contributed by atoms with Gasteiger partial charge < -0.3 is 27.9 Å². The van der Waals surface area contributed by atoms with E-state index in [0.717, 1.165) is 5.56 Å². The van der Waals surface area contributed by atoms with Crippen molar-refractivity contribution < 1.29 is 32.7 Å². The van der Waals surface area contributed by atoms with Gasteiger partial charge in [-0.05, 0) is 19.1 Å². The molecule has 0 saturated carbocycles. The maximum absolute atomic E-state index is 12.7. The summed E-state index contributed by atoms with van der Waals surface area (Å²) < 4.78 is 32.3. The van der Waals surface area contributed by atoms with Crippen molar-refractivity contribution in [3.05, 3.63) is 59.7 Å². The maximum Gasteiger partial charge on any atom is 0.342 e. The van der Waals surface area contributed by atoms with E-state index in [1.165, 1.54) is 27.4 Å². The van der Waals surface area contributed by atoms with Crippen molar-refractivity contribution in [1.29, 1.82) is 0 Å². The van der Waals surface area contributed by atoms with Crippen molar-refractivity contribution in [2.24, 2.45) is 0 Å². The van der Waals surface area contributed by atoms with Gasteiger partial charge in [-0.3, -0.25) is 0 Å². The van der Waals surface area contributed by atoms with E-state index in [-0.39, 0.29) is 35.5 Å². The lowest BCUT2D eigenvalue weighted by atomic mass is 10.1. The molecule has 0 spiro atoms. The minimum absolute atomic E-state index is 0.109. The van der Waals surface area contributed by atoms with E-state index in [4.69, 9.17) is 27.9 Å². The van der Waals surface area contributed by atoms with E-state index in [1.54, 1.807) is 13.0 Å². The first-order chi connectivity index (χ1) is 16.1. The zero-order chi connectivity index (χ0) is 23.4. The number of rotatable bonds is 8. The van der Waals surface area contributed by atoms with Crippen LogP contribution in [0.1, 0.15) is 22.0 Å². The molecule has 0 aliphatic rings. The lowest BCUT2D eigenvalue weighted by Gasteiger charge is -2.14. The second kappa shape index (κ2) is 9.43. The number of ether oxygens (including phenoxy) is 4.